The molecule has 7 rings (SSSR count). The van der Waals surface area contributed by atoms with Gasteiger partial charge in [0.2, 0.25) is 5.69 Å². The van der Waals surface area contributed by atoms with Crippen molar-refractivity contribution in [2.24, 2.45) is 7.05 Å². The Balaban J connectivity index is 1.48. The topological polar surface area (TPSA) is 17.0 Å². The molecule has 2 heteroatoms. The van der Waals surface area contributed by atoms with E-state index in [0.717, 1.165) is 49.7 Å². The van der Waals surface area contributed by atoms with Crippen LogP contribution in [0.25, 0.3) is 66.6 Å². The van der Waals surface area contributed by atoms with E-state index >= 15 is 0 Å². The van der Waals surface area contributed by atoms with E-state index in [4.69, 9.17) is 12.6 Å². The van der Waals surface area contributed by atoms with Gasteiger partial charge in [-0.2, -0.15) is 0 Å². The van der Waals surface area contributed by atoms with Crippen molar-refractivity contribution in [3.05, 3.63) is 138 Å². The highest BCUT2D eigenvalue weighted by molar-refractivity contribution is 6.10. The summed E-state index contributed by atoms with van der Waals surface area (Å²) in [5, 5.41) is 1.92. The summed E-state index contributed by atoms with van der Waals surface area (Å²) in [7, 11) is 1.81. The van der Waals surface area contributed by atoms with Gasteiger partial charge in [-0.15, -0.1) is 0 Å². The minimum atomic E-state index is -2.50. The SMILES string of the molecule is [2H]C([2H])([2H])c1cc(-c2ccccc2)ccc1-c1cc(-c2c(C)ccc3c2oc2cc(-c4ccccc4)ccc23)[n+](C)cc1C([2H])([2H])[2H]. The van der Waals surface area contributed by atoms with Crippen LogP contribution in [0.1, 0.15) is 24.9 Å². The fourth-order valence-corrected chi connectivity index (χ4v) is 5.78. The molecule has 2 heterocycles. The summed E-state index contributed by atoms with van der Waals surface area (Å²) in [6.07, 6.45) is 1.60. The van der Waals surface area contributed by atoms with Gasteiger partial charge >= 0.3 is 0 Å². The Hall–Kier alpha value is -4.95. The maximum atomic E-state index is 8.46. The smallest absolute Gasteiger partial charge is 0.216 e. The van der Waals surface area contributed by atoms with Gasteiger partial charge in [0.05, 0.1) is 5.56 Å². The molecular formula is C39H32NO+. The Kier molecular flexibility index (Phi) is 4.63. The monoisotopic (exact) mass is 536 g/mol. The number of hydrogen-bond donors (Lipinski definition) is 0. The second-order valence-corrected chi connectivity index (χ2v) is 10.5. The average Bonchev–Trinajstić information content (AvgIpc) is 3.42. The van der Waals surface area contributed by atoms with Crippen molar-refractivity contribution >= 4 is 21.9 Å². The van der Waals surface area contributed by atoms with Crippen molar-refractivity contribution in [1.82, 2.24) is 0 Å². The molecule has 198 valence electrons. The van der Waals surface area contributed by atoms with E-state index in [9.17, 15) is 0 Å². The highest BCUT2D eigenvalue weighted by Crippen LogP contribution is 2.40. The summed E-state index contributed by atoms with van der Waals surface area (Å²) in [5.41, 5.74) is 8.53. The molecule has 0 unspecified atom stereocenters. The number of hydrogen-bond acceptors (Lipinski definition) is 1. The predicted octanol–water partition coefficient (Wildman–Crippen LogP) is 10.0. The first kappa shape index (κ1) is 19.2. The lowest BCUT2D eigenvalue weighted by Crippen LogP contribution is -2.31. The molecule has 0 atom stereocenters. The third kappa shape index (κ3) is 4.33. The van der Waals surface area contributed by atoms with E-state index in [1.807, 2.05) is 80.7 Å². The van der Waals surface area contributed by atoms with E-state index in [2.05, 4.69) is 30.3 Å². The summed E-state index contributed by atoms with van der Waals surface area (Å²) in [6, 6.07) is 37.0. The van der Waals surface area contributed by atoms with Crippen LogP contribution in [0.5, 0.6) is 0 Å². The molecule has 0 aliphatic heterocycles. The summed E-state index contributed by atoms with van der Waals surface area (Å²) >= 11 is 0. The quantitative estimate of drug-likeness (QED) is 0.205. The molecule has 0 aliphatic carbocycles. The lowest BCUT2D eigenvalue weighted by Gasteiger charge is -2.13. The number of fused-ring (bicyclic) bond motifs is 3. The number of benzene rings is 5. The Morgan fingerprint density at radius 2 is 1.24 bits per heavy atom. The molecule has 2 aromatic heterocycles. The summed E-state index contributed by atoms with van der Waals surface area (Å²) in [5.74, 6) is 0. The highest BCUT2D eigenvalue weighted by atomic mass is 16.3. The normalized spacial score (nSPS) is 14.2. The molecule has 0 radical (unpaired) electrons. The Labute approximate surface area is 249 Å². The molecule has 5 aromatic carbocycles. The predicted molar refractivity (Wildman–Crippen MR) is 171 cm³/mol. The Bertz CT molecular complexity index is 2280. The van der Waals surface area contributed by atoms with Crippen LogP contribution >= 0.6 is 0 Å². The molecule has 0 fully saturated rings. The molecule has 0 spiro atoms. The number of furan rings is 1. The van der Waals surface area contributed by atoms with Gasteiger partial charge < -0.3 is 4.42 Å². The van der Waals surface area contributed by atoms with E-state index in [0.29, 0.717) is 22.4 Å². The fourth-order valence-electron chi connectivity index (χ4n) is 5.78. The van der Waals surface area contributed by atoms with Crippen molar-refractivity contribution in [3.63, 3.8) is 0 Å². The van der Waals surface area contributed by atoms with Crippen LogP contribution in [-0.4, -0.2) is 0 Å². The van der Waals surface area contributed by atoms with E-state index in [-0.39, 0.29) is 11.1 Å². The Morgan fingerprint density at radius 3 is 1.95 bits per heavy atom. The minimum absolute atomic E-state index is 0.0728. The van der Waals surface area contributed by atoms with Gasteiger partial charge in [0.25, 0.3) is 0 Å². The lowest BCUT2D eigenvalue weighted by molar-refractivity contribution is -0.660. The molecule has 0 aliphatic rings. The van der Waals surface area contributed by atoms with Crippen molar-refractivity contribution in [3.8, 4) is 44.6 Å². The number of pyridine rings is 1. The maximum absolute atomic E-state index is 8.46. The molecule has 41 heavy (non-hydrogen) atoms. The first-order chi connectivity index (χ1) is 22.4. The third-order valence-electron chi connectivity index (χ3n) is 7.90. The summed E-state index contributed by atoms with van der Waals surface area (Å²) in [6.45, 7) is -2.99. The second-order valence-electron chi connectivity index (χ2n) is 10.5. The van der Waals surface area contributed by atoms with Crippen molar-refractivity contribution in [1.29, 1.82) is 0 Å². The molecule has 0 bridgehead atoms. The fraction of sp³-hybridized carbons (Fsp3) is 0.103. The zero-order chi connectivity index (χ0) is 33.1. The molecule has 0 N–H and O–H groups in total. The number of nitrogens with zero attached hydrogens (tertiary/aromatic N) is 1. The molecule has 2 nitrogen and oxygen atoms in total. The molecular weight excluding hydrogens is 498 g/mol. The summed E-state index contributed by atoms with van der Waals surface area (Å²) in [4.78, 5) is 0. The molecule has 7 aromatic rings. The van der Waals surface area contributed by atoms with Crippen molar-refractivity contribution in [2.75, 3.05) is 0 Å². The zero-order valence-electron chi connectivity index (χ0n) is 28.9. The van der Waals surface area contributed by atoms with Crippen molar-refractivity contribution < 1.29 is 17.2 Å². The van der Waals surface area contributed by atoms with Crippen LogP contribution in [0, 0.1) is 20.6 Å². The van der Waals surface area contributed by atoms with Gasteiger partial charge in [-0.3, -0.25) is 0 Å². The zero-order valence-corrected chi connectivity index (χ0v) is 22.9. The number of rotatable bonds is 4. The van der Waals surface area contributed by atoms with Gasteiger partial charge in [-0.05, 0) is 77.3 Å². The maximum Gasteiger partial charge on any atom is 0.216 e. The van der Waals surface area contributed by atoms with E-state index in [1.54, 1.807) is 29.0 Å². The van der Waals surface area contributed by atoms with Crippen LogP contribution in [0.2, 0.25) is 0 Å². The second kappa shape index (κ2) is 9.91. The molecule has 0 amide bonds. The van der Waals surface area contributed by atoms with Gasteiger partial charge in [-0.25, -0.2) is 4.57 Å². The first-order valence-corrected chi connectivity index (χ1v) is 13.7. The lowest BCUT2D eigenvalue weighted by atomic mass is 9.92. The number of aromatic nitrogens is 1. The third-order valence-corrected chi connectivity index (χ3v) is 7.90. The van der Waals surface area contributed by atoms with Gasteiger partial charge in [0.1, 0.15) is 18.2 Å². The van der Waals surface area contributed by atoms with Crippen LogP contribution < -0.4 is 4.57 Å². The highest BCUT2D eigenvalue weighted by Gasteiger charge is 2.23. The van der Waals surface area contributed by atoms with Crippen molar-refractivity contribution in [2.45, 2.75) is 20.6 Å². The number of aryl methyl sites for hydroxylation is 4. The van der Waals surface area contributed by atoms with Crippen LogP contribution in [-0.2, 0) is 7.05 Å². The van der Waals surface area contributed by atoms with Gasteiger partial charge in [-0.1, -0.05) is 97.1 Å². The minimum Gasteiger partial charge on any atom is -0.455 e. The van der Waals surface area contributed by atoms with Gasteiger partial charge in [0.15, 0.2) is 6.20 Å². The van der Waals surface area contributed by atoms with Crippen LogP contribution in [0.15, 0.2) is 126 Å². The molecule has 0 saturated carbocycles. The van der Waals surface area contributed by atoms with Crippen LogP contribution in [0.4, 0.5) is 0 Å². The van der Waals surface area contributed by atoms with E-state index < -0.39 is 13.7 Å². The largest absolute Gasteiger partial charge is 0.455 e. The standard InChI is InChI=1S/C39H32NO/c1-25-15-18-34-33-20-17-31(29-13-9-6-10-14-29)22-37(33)41-39(34)38(25)36-23-35(27(3)24-40(36)4)32-19-16-30(21-26(32)2)28-11-7-5-8-12-28/h5-24H,1-4H3/q+1/i2D3,3D3. The van der Waals surface area contributed by atoms with Crippen LogP contribution in [0.3, 0.4) is 0 Å². The average molecular weight is 537 g/mol. The first-order valence-electron chi connectivity index (χ1n) is 16.7. The summed E-state index contributed by atoms with van der Waals surface area (Å²) < 4.78 is 59.1. The molecule has 0 saturated heterocycles. The van der Waals surface area contributed by atoms with E-state index in [1.165, 1.54) is 0 Å². The Morgan fingerprint density at radius 1 is 0.585 bits per heavy atom. The van der Waals surface area contributed by atoms with Gasteiger partial charge in [0, 0.05) is 30.6 Å².